The van der Waals surface area contributed by atoms with Crippen LogP contribution in [0.1, 0.15) is 35.4 Å². The molecule has 1 heterocycles. The van der Waals surface area contributed by atoms with Crippen LogP contribution in [0.5, 0.6) is 5.75 Å². The number of nitrogens with zero attached hydrogens (tertiary/aromatic N) is 1. The molecule has 5 heteroatoms. The lowest BCUT2D eigenvalue weighted by Gasteiger charge is -2.17. The van der Waals surface area contributed by atoms with E-state index >= 15 is 0 Å². The van der Waals surface area contributed by atoms with Crippen molar-refractivity contribution >= 4 is 12.2 Å². The summed E-state index contributed by atoms with van der Waals surface area (Å²) in [5, 5.41) is 5.83. The first-order chi connectivity index (χ1) is 9.02. The topological polar surface area (TPSA) is 53.7 Å². The Labute approximate surface area is 118 Å². The van der Waals surface area contributed by atoms with Crippen LogP contribution in [0.15, 0.2) is 12.1 Å². The smallest absolute Gasteiger partial charge is 0.213 e. The summed E-state index contributed by atoms with van der Waals surface area (Å²) in [6.45, 7) is 6.42. The fraction of sp³-hybridized carbons (Fsp3) is 0.429. The quantitative estimate of drug-likeness (QED) is 0.842. The second-order valence-electron chi connectivity index (χ2n) is 4.83. The van der Waals surface area contributed by atoms with Crippen molar-refractivity contribution < 1.29 is 4.74 Å². The highest BCUT2D eigenvalue weighted by Crippen LogP contribution is 2.29. The third kappa shape index (κ3) is 2.87. The van der Waals surface area contributed by atoms with Gasteiger partial charge < -0.3 is 4.74 Å². The van der Waals surface area contributed by atoms with Crippen molar-refractivity contribution in [2.75, 3.05) is 7.11 Å². The van der Waals surface area contributed by atoms with E-state index in [9.17, 15) is 0 Å². The van der Waals surface area contributed by atoms with E-state index in [1.165, 1.54) is 16.7 Å². The second-order valence-corrected chi connectivity index (χ2v) is 5.21. The van der Waals surface area contributed by atoms with Gasteiger partial charge in [0.1, 0.15) is 11.6 Å². The molecule has 1 aromatic carbocycles. The van der Waals surface area contributed by atoms with Gasteiger partial charge in [-0.25, -0.2) is 4.98 Å². The Balaban J connectivity index is 2.26. The number of rotatable bonds is 4. The first-order valence-corrected chi connectivity index (χ1v) is 6.71. The van der Waals surface area contributed by atoms with Crippen molar-refractivity contribution in [1.29, 1.82) is 0 Å². The third-order valence-electron chi connectivity index (χ3n) is 3.58. The van der Waals surface area contributed by atoms with E-state index in [0.29, 0.717) is 10.7 Å². The zero-order valence-electron chi connectivity index (χ0n) is 11.7. The van der Waals surface area contributed by atoms with Crippen LogP contribution in [-0.4, -0.2) is 22.3 Å². The molecule has 1 aromatic heterocycles. The van der Waals surface area contributed by atoms with Gasteiger partial charge in [-0.05, 0) is 54.7 Å². The predicted molar refractivity (Wildman–Crippen MR) is 78.4 cm³/mol. The molecular formula is C14H19N3OS. The lowest BCUT2D eigenvalue weighted by atomic mass is 9.91. The zero-order valence-corrected chi connectivity index (χ0v) is 12.5. The molecule has 102 valence electrons. The number of H-pyrrole nitrogens is 2. The van der Waals surface area contributed by atoms with Crippen LogP contribution >= 0.6 is 12.2 Å². The molecular weight excluding hydrogens is 258 g/mol. The Hall–Kier alpha value is -1.62. The van der Waals surface area contributed by atoms with Gasteiger partial charge in [-0.3, -0.25) is 10.2 Å². The Kier molecular flexibility index (Phi) is 4.04. The summed E-state index contributed by atoms with van der Waals surface area (Å²) in [7, 11) is 1.70. The Morgan fingerprint density at radius 2 is 2.00 bits per heavy atom. The summed E-state index contributed by atoms with van der Waals surface area (Å²) in [6, 6.07) is 4.16. The number of nitrogens with one attached hydrogen (secondary N) is 2. The van der Waals surface area contributed by atoms with E-state index in [1.54, 1.807) is 7.11 Å². The van der Waals surface area contributed by atoms with E-state index < -0.39 is 0 Å². The molecule has 0 saturated heterocycles. The van der Waals surface area contributed by atoms with Crippen molar-refractivity contribution in [2.45, 2.75) is 33.1 Å². The van der Waals surface area contributed by atoms with Crippen LogP contribution in [0.25, 0.3) is 0 Å². The fourth-order valence-electron chi connectivity index (χ4n) is 2.37. The third-order valence-corrected chi connectivity index (χ3v) is 3.77. The van der Waals surface area contributed by atoms with Gasteiger partial charge in [0.05, 0.1) is 7.11 Å². The SMILES string of the molecule is COc1ccc(C(C)Cc2nc(=S)[nH][nH]2)c(C)c1C. The van der Waals surface area contributed by atoms with Crippen molar-refractivity contribution in [3.05, 3.63) is 39.4 Å². The molecule has 2 N–H and O–H groups in total. The van der Waals surface area contributed by atoms with Gasteiger partial charge in [0, 0.05) is 6.42 Å². The number of aromatic nitrogens is 3. The lowest BCUT2D eigenvalue weighted by molar-refractivity contribution is 0.411. The minimum atomic E-state index is 0.374. The van der Waals surface area contributed by atoms with Gasteiger partial charge in [0.2, 0.25) is 4.77 Å². The molecule has 0 bridgehead atoms. The molecule has 1 atom stereocenters. The van der Waals surface area contributed by atoms with Crippen molar-refractivity contribution in [3.8, 4) is 5.75 Å². The molecule has 0 radical (unpaired) electrons. The molecule has 2 aromatic rings. The number of methoxy groups -OCH3 is 1. The maximum absolute atomic E-state index is 5.34. The van der Waals surface area contributed by atoms with Crippen LogP contribution in [0.3, 0.4) is 0 Å². The average molecular weight is 277 g/mol. The maximum atomic E-state index is 5.34. The molecule has 0 aliphatic carbocycles. The van der Waals surface area contributed by atoms with E-state index in [0.717, 1.165) is 18.0 Å². The Morgan fingerprint density at radius 3 is 2.58 bits per heavy atom. The van der Waals surface area contributed by atoms with Crippen LogP contribution in [0.2, 0.25) is 0 Å². The van der Waals surface area contributed by atoms with Crippen LogP contribution in [-0.2, 0) is 6.42 Å². The van der Waals surface area contributed by atoms with Gasteiger partial charge in [0.25, 0.3) is 0 Å². The molecule has 0 saturated carbocycles. The van der Waals surface area contributed by atoms with Crippen molar-refractivity contribution in [1.82, 2.24) is 15.2 Å². The normalized spacial score (nSPS) is 12.4. The van der Waals surface area contributed by atoms with Gasteiger partial charge in [-0.2, -0.15) is 0 Å². The van der Waals surface area contributed by atoms with Crippen molar-refractivity contribution in [2.24, 2.45) is 0 Å². The van der Waals surface area contributed by atoms with Crippen molar-refractivity contribution in [3.63, 3.8) is 0 Å². The minimum absolute atomic E-state index is 0.374. The first-order valence-electron chi connectivity index (χ1n) is 6.30. The summed E-state index contributed by atoms with van der Waals surface area (Å²) < 4.78 is 5.85. The summed E-state index contributed by atoms with van der Waals surface area (Å²) in [6.07, 6.45) is 0.833. The number of benzene rings is 1. The average Bonchev–Trinajstić information content (AvgIpc) is 2.78. The lowest BCUT2D eigenvalue weighted by Crippen LogP contribution is -2.04. The standard InChI is InChI=1S/C14H19N3OS/c1-8(7-13-15-14(19)17-16-13)11-5-6-12(18-4)10(3)9(11)2/h5-6,8H,7H2,1-4H3,(H2,15,16,17,19). The minimum Gasteiger partial charge on any atom is -0.496 e. The van der Waals surface area contributed by atoms with E-state index in [4.69, 9.17) is 17.0 Å². The summed E-state index contributed by atoms with van der Waals surface area (Å²) in [5.41, 5.74) is 3.79. The fourth-order valence-corrected chi connectivity index (χ4v) is 2.53. The monoisotopic (exact) mass is 277 g/mol. The molecule has 0 aliphatic heterocycles. The van der Waals surface area contributed by atoms with E-state index in [2.05, 4.69) is 42.0 Å². The molecule has 0 amide bonds. The molecule has 0 aliphatic rings. The highest BCUT2D eigenvalue weighted by Gasteiger charge is 2.14. The molecule has 0 spiro atoms. The van der Waals surface area contributed by atoms with Gasteiger partial charge in [-0.15, -0.1) is 0 Å². The Bertz CT molecular complexity index is 630. The van der Waals surface area contributed by atoms with Gasteiger partial charge >= 0.3 is 0 Å². The predicted octanol–water partition coefficient (Wildman–Crippen LogP) is 3.44. The molecule has 1 unspecified atom stereocenters. The largest absolute Gasteiger partial charge is 0.496 e. The molecule has 4 nitrogen and oxygen atoms in total. The van der Waals surface area contributed by atoms with E-state index in [-0.39, 0.29) is 0 Å². The number of ether oxygens (including phenoxy) is 1. The second kappa shape index (κ2) is 5.57. The number of hydrogen-bond donors (Lipinski definition) is 2. The highest BCUT2D eigenvalue weighted by molar-refractivity contribution is 7.71. The maximum Gasteiger partial charge on any atom is 0.213 e. The van der Waals surface area contributed by atoms with Gasteiger partial charge in [0.15, 0.2) is 0 Å². The molecule has 0 fully saturated rings. The van der Waals surface area contributed by atoms with Crippen LogP contribution in [0, 0.1) is 18.6 Å². The van der Waals surface area contributed by atoms with Crippen LogP contribution in [0.4, 0.5) is 0 Å². The summed E-state index contributed by atoms with van der Waals surface area (Å²) in [5.74, 6) is 2.21. The number of hydrogen-bond acceptors (Lipinski definition) is 3. The van der Waals surface area contributed by atoms with E-state index in [1.807, 2.05) is 6.07 Å². The zero-order chi connectivity index (χ0) is 14.0. The first kappa shape index (κ1) is 13.8. The molecule has 19 heavy (non-hydrogen) atoms. The van der Waals surface area contributed by atoms with Gasteiger partial charge in [-0.1, -0.05) is 13.0 Å². The Morgan fingerprint density at radius 1 is 1.26 bits per heavy atom. The van der Waals surface area contributed by atoms with Crippen LogP contribution < -0.4 is 4.74 Å². The number of aromatic amines is 2. The summed E-state index contributed by atoms with van der Waals surface area (Å²) >= 11 is 4.97. The highest BCUT2D eigenvalue weighted by atomic mass is 32.1. The summed E-state index contributed by atoms with van der Waals surface area (Å²) in [4.78, 5) is 4.24. The molecule has 2 rings (SSSR count).